The molecule has 0 saturated carbocycles. The van der Waals surface area contributed by atoms with Crippen LogP contribution in [0.4, 0.5) is 0 Å². The maximum absolute atomic E-state index is 7.88. The molecule has 32 valence electrons. The van der Waals surface area contributed by atoms with Gasteiger partial charge in [-0.1, -0.05) is 0 Å². The van der Waals surface area contributed by atoms with Crippen LogP contribution in [0.3, 0.4) is 0 Å². The monoisotopic (exact) mass is 146 g/mol. The van der Waals surface area contributed by atoms with Crippen molar-refractivity contribution in [2.45, 2.75) is 0 Å². The van der Waals surface area contributed by atoms with E-state index in [2.05, 4.69) is 15.4 Å². The van der Waals surface area contributed by atoms with E-state index in [4.69, 9.17) is 3.90 Å². The fourth-order valence-corrected chi connectivity index (χ4v) is 0. The molecular weight excluding hydrogens is 146 g/mol. The van der Waals surface area contributed by atoms with Crippen molar-refractivity contribution in [2.75, 3.05) is 0 Å². The van der Waals surface area contributed by atoms with Crippen LogP contribution in [-0.4, -0.2) is 0 Å². The molecule has 0 amide bonds. The van der Waals surface area contributed by atoms with Crippen molar-refractivity contribution in [3.8, 4) is 0 Å². The minimum atomic E-state index is 0. The SMILES string of the molecule is Cl.Cl.[O]=[Ni]. The van der Waals surface area contributed by atoms with E-state index in [0.29, 0.717) is 0 Å². The summed E-state index contributed by atoms with van der Waals surface area (Å²) in [5.74, 6) is 0. The first kappa shape index (κ1) is 20.8. The standard InChI is InChI=1S/2ClH.Ni.O/h2*1H;;. The summed E-state index contributed by atoms with van der Waals surface area (Å²) in [7, 11) is 0. The Morgan fingerprint density at radius 3 is 1.00 bits per heavy atom. The second-order valence-electron chi connectivity index (χ2n) is 0. The number of rotatable bonds is 0. The average Bonchev–Trinajstić information content (AvgIpc) is 1.00. The Kier molecular flexibility index (Phi) is 218. The Balaban J connectivity index is -0.00000000500. The maximum atomic E-state index is 7.88. The molecular formula is H2Cl2NiO. The second kappa shape index (κ2) is 41.9. The topological polar surface area (TPSA) is 17.1 Å². The van der Waals surface area contributed by atoms with Crippen molar-refractivity contribution in [1.29, 1.82) is 0 Å². The van der Waals surface area contributed by atoms with Gasteiger partial charge in [0.2, 0.25) is 0 Å². The first-order valence-corrected chi connectivity index (χ1v) is 0.532. The van der Waals surface area contributed by atoms with Crippen molar-refractivity contribution >= 4 is 24.8 Å². The quantitative estimate of drug-likeness (QED) is 0.462. The normalized spacial score (nSPS) is 1.50. The van der Waals surface area contributed by atoms with Gasteiger partial charge in [-0.25, -0.2) is 0 Å². The van der Waals surface area contributed by atoms with Gasteiger partial charge in [0.25, 0.3) is 0 Å². The first-order valence-electron chi connectivity index (χ1n) is 0.129. The van der Waals surface area contributed by atoms with Crippen molar-refractivity contribution < 1.29 is 19.3 Å². The fraction of sp³-hybridized carbons (Fsp3) is 0. The molecule has 0 N–H and O–H groups in total. The predicted octanol–water partition coefficient (Wildman–Crippen LogP) is 0.722. The molecule has 0 aromatic carbocycles. The summed E-state index contributed by atoms with van der Waals surface area (Å²) in [6.45, 7) is 0. The Bertz CT molecular complexity index is 6.00. The third-order valence-electron chi connectivity index (χ3n) is 0. The van der Waals surface area contributed by atoms with Crippen LogP contribution in [0.25, 0.3) is 0 Å². The van der Waals surface area contributed by atoms with Gasteiger partial charge in [-0.2, -0.15) is 0 Å². The van der Waals surface area contributed by atoms with Gasteiger partial charge in [0, 0.05) is 0 Å². The van der Waals surface area contributed by atoms with Crippen molar-refractivity contribution in [3.63, 3.8) is 0 Å². The third kappa shape index (κ3) is 13.2. The zero-order chi connectivity index (χ0) is 2.00. The molecule has 0 atom stereocenters. The molecule has 0 aromatic heterocycles. The van der Waals surface area contributed by atoms with Crippen LogP contribution in [0, 0.1) is 0 Å². The molecule has 0 unspecified atom stereocenters. The molecule has 0 bridgehead atoms. The van der Waals surface area contributed by atoms with Gasteiger partial charge in [0.15, 0.2) is 0 Å². The summed E-state index contributed by atoms with van der Waals surface area (Å²) in [4.78, 5) is 0. The van der Waals surface area contributed by atoms with Crippen LogP contribution in [-0.2, 0) is 19.3 Å². The first-order chi connectivity index (χ1) is 1.00. The van der Waals surface area contributed by atoms with Gasteiger partial charge >= 0.3 is 19.3 Å². The van der Waals surface area contributed by atoms with E-state index < -0.39 is 0 Å². The van der Waals surface area contributed by atoms with E-state index in [-0.39, 0.29) is 24.8 Å². The van der Waals surface area contributed by atoms with E-state index in [1.165, 1.54) is 0 Å². The van der Waals surface area contributed by atoms with Gasteiger partial charge in [0.1, 0.15) is 0 Å². The molecule has 0 rings (SSSR count). The molecule has 0 aliphatic carbocycles. The molecule has 4 heteroatoms. The number of hydrogen-bond acceptors (Lipinski definition) is 1. The van der Waals surface area contributed by atoms with Crippen LogP contribution in [0.2, 0.25) is 0 Å². The molecule has 0 heterocycles. The second-order valence-corrected chi connectivity index (χ2v) is 0. The Labute approximate surface area is 44.5 Å². The van der Waals surface area contributed by atoms with Crippen LogP contribution in [0.5, 0.6) is 0 Å². The fourth-order valence-electron chi connectivity index (χ4n) is 0. The van der Waals surface area contributed by atoms with Crippen molar-refractivity contribution in [2.24, 2.45) is 0 Å². The van der Waals surface area contributed by atoms with Gasteiger partial charge in [-0.05, 0) is 0 Å². The van der Waals surface area contributed by atoms with Crippen LogP contribution in [0.1, 0.15) is 0 Å². The zero-order valence-corrected chi connectivity index (χ0v) is 4.16. The van der Waals surface area contributed by atoms with Gasteiger partial charge in [0.05, 0.1) is 0 Å². The Morgan fingerprint density at radius 1 is 1.00 bits per heavy atom. The van der Waals surface area contributed by atoms with Gasteiger partial charge in [-0.3, -0.25) is 0 Å². The Hall–Kier alpha value is 0.874. The molecule has 0 aliphatic rings. The van der Waals surface area contributed by atoms with E-state index in [0.717, 1.165) is 0 Å². The van der Waals surface area contributed by atoms with E-state index >= 15 is 0 Å². The van der Waals surface area contributed by atoms with Crippen molar-refractivity contribution in [1.82, 2.24) is 0 Å². The molecule has 0 aliphatic heterocycles. The number of halogens is 2. The molecule has 0 spiro atoms. The van der Waals surface area contributed by atoms with Crippen molar-refractivity contribution in [3.05, 3.63) is 0 Å². The van der Waals surface area contributed by atoms with E-state index in [1.807, 2.05) is 0 Å². The molecule has 4 heavy (non-hydrogen) atoms. The summed E-state index contributed by atoms with van der Waals surface area (Å²) in [5, 5.41) is 0. The molecule has 1 nitrogen and oxygen atoms in total. The summed E-state index contributed by atoms with van der Waals surface area (Å²) in [6.07, 6.45) is 0. The van der Waals surface area contributed by atoms with E-state index in [9.17, 15) is 0 Å². The molecule has 0 saturated heterocycles. The van der Waals surface area contributed by atoms with Crippen LogP contribution in [0.15, 0.2) is 0 Å². The molecule has 0 aromatic rings. The third-order valence-corrected chi connectivity index (χ3v) is 0. The van der Waals surface area contributed by atoms with Crippen LogP contribution < -0.4 is 0 Å². The van der Waals surface area contributed by atoms with E-state index in [1.54, 1.807) is 0 Å². The van der Waals surface area contributed by atoms with Gasteiger partial charge in [-0.15, -0.1) is 24.8 Å². The average molecular weight is 148 g/mol. The summed E-state index contributed by atoms with van der Waals surface area (Å²) >= 11 is 2.62. The predicted molar refractivity (Wildman–Crippen MR) is 15.2 cm³/mol. The minimum absolute atomic E-state index is 0. The molecule has 0 radical (unpaired) electrons. The summed E-state index contributed by atoms with van der Waals surface area (Å²) in [6, 6.07) is 0. The zero-order valence-electron chi connectivity index (χ0n) is 1.54. The summed E-state index contributed by atoms with van der Waals surface area (Å²) < 4.78 is 7.88. The van der Waals surface area contributed by atoms with Gasteiger partial charge < -0.3 is 0 Å². The van der Waals surface area contributed by atoms with Crippen LogP contribution >= 0.6 is 24.8 Å². The summed E-state index contributed by atoms with van der Waals surface area (Å²) in [5.41, 5.74) is 0. The molecule has 0 fully saturated rings. The number of hydrogen-bond donors (Lipinski definition) is 0. The Morgan fingerprint density at radius 2 is 1.00 bits per heavy atom.